The molecular formula is C21H25N3O5S2. The fourth-order valence-electron chi connectivity index (χ4n) is 3.19. The first-order valence-corrected chi connectivity index (χ1v) is 11.9. The van der Waals surface area contributed by atoms with Crippen LogP contribution in [0, 0.1) is 0 Å². The van der Waals surface area contributed by atoms with Gasteiger partial charge in [-0.1, -0.05) is 25.2 Å². The molecule has 0 aliphatic rings. The van der Waals surface area contributed by atoms with Crippen LogP contribution in [0.15, 0.2) is 46.3 Å². The molecule has 0 saturated heterocycles. The van der Waals surface area contributed by atoms with Crippen LogP contribution in [0.25, 0.3) is 10.2 Å². The molecular weight excluding hydrogens is 438 g/mol. The molecule has 31 heavy (non-hydrogen) atoms. The molecule has 1 aromatic heterocycles. The largest absolute Gasteiger partial charge is 0.493 e. The maximum Gasteiger partial charge on any atom is 0.279 e. The van der Waals surface area contributed by atoms with E-state index in [-0.39, 0.29) is 4.90 Å². The van der Waals surface area contributed by atoms with Crippen molar-refractivity contribution in [1.29, 1.82) is 0 Å². The predicted molar refractivity (Wildman–Crippen MR) is 120 cm³/mol. The summed E-state index contributed by atoms with van der Waals surface area (Å²) in [4.78, 5) is 17.6. The highest BCUT2D eigenvalue weighted by Crippen LogP contribution is 2.33. The number of benzene rings is 2. The zero-order valence-electron chi connectivity index (χ0n) is 18.1. The molecule has 0 aliphatic carbocycles. The number of hydrogen-bond donors (Lipinski definition) is 0. The highest BCUT2D eigenvalue weighted by molar-refractivity contribution is 7.89. The normalized spacial score (nSPS) is 12.5. The van der Waals surface area contributed by atoms with Gasteiger partial charge in [-0.3, -0.25) is 4.79 Å². The Morgan fingerprint density at radius 1 is 1.06 bits per heavy atom. The Kier molecular flexibility index (Phi) is 6.83. The van der Waals surface area contributed by atoms with Gasteiger partial charge in [-0.05, 0) is 24.3 Å². The number of thiazole rings is 1. The average Bonchev–Trinajstić information content (AvgIpc) is 3.07. The van der Waals surface area contributed by atoms with E-state index in [2.05, 4.69) is 4.99 Å². The highest BCUT2D eigenvalue weighted by atomic mass is 32.2. The molecule has 3 rings (SSSR count). The molecule has 0 saturated carbocycles. The molecule has 0 N–H and O–H groups in total. The van der Waals surface area contributed by atoms with Crippen molar-refractivity contribution in [3.05, 3.63) is 46.8 Å². The van der Waals surface area contributed by atoms with Crippen LogP contribution in [0.4, 0.5) is 0 Å². The lowest BCUT2D eigenvalue weighted by molar-refractivity contribution is 0.0998. The van der Waals surface area contributed by atoms with Gasteiger partial charge in [0.25, 0.3) is 5.91 Å². The van der Waals surface area contributed by atoms with E-state index >= 15 is 0 Å². The number of aryl methyl sites for hydroxylation is 1. The van der Waals surface area contributed by atoms with Gasteiger partial charge < -0.3 is 14.0 Å². The number of hydrogen-bond acceptors (Lipinski definition) is 6. The van der Waals surface area contributed by atoms with E-state index in [1.165, 1.54) is 39.9 Å². The number of sulfonamides is 1. The van der Waals surface area contributed by atoms with E-state index in [1.54, 1.807) is 32.6 Å². The summed E-state index contributed by atoms with van der Waals surface area (Å²) in [5.74, 6) is 0.735. The van der Waals surface area contributed by atoms with Gasteiger partial charge in [-0.25, -0.2) is 8.42 Å². The van der Waals surface area contributed by atoms with Crippen LogP contribution in [0.2, 0.25) is 0 Å². The Hall–Kier alpha value is -2.69. The zero-order valence-corrected chi connectivity index (χ0v) is 19.7. The van der Waals surface area contributed by atoms with Gasteiger partial charge in [0.15, 0.2) is 16.3 Å². The number of carbonyl (C=O) groups excluding carboxylic acids is 1. The predicted octanol–water partition coefficient (Wildman–Crippen LogP) is 3.03. The second-order valence-corrected chi connectivity index (χ2v) is 9.60. The Morgan fingerprint density at radius 2 is 1.65 bits per heavy atom. The fourth-order valence-corrected chi connectivity index (χ4v) is 5.68. The summed E-state index contributed by atoms with van der Waals surface area (Å²) in [6.45, 7) is 4.34. The third-order valence-electron chi connectivity index (χ3n) is 4.96. The summed E-state index contributed by atoms with van der Waals surface area (Å²) in [6, 6.07) is 9.54. The third-order valence-corrected chi connectivity index (χ3v) is 8.12. The van der Waals surface area contributed by atoms with Crippen molar-refractivity contribution in [2.45, 2.75) is 18.7 Å². The van der Waals surface area contributed by atoms with Crippen LogP contribution >= 0.6 is 11.3 Å². The Bertz CT molecular complexity index is 1270. The van der Waals surface area contributed by atoms with Crippen LogP contribution in [0.3, 0.4) is 0 Å². The minimum atomic E-state index is -3.57. The maximum absolute atomic E-state index is 12.7. The number of methoxy groups -OCH3 is 2. The SMILES string of the molecule is CCN(CC)S(=O)(=O)c1ccc(C(=O)N=c2sc3cc(OC)c(OC)cc3n2C)cc1. The summed E-state index contributed by atoms with van der Waals surface area (Å²) in [5.41, 5.74) is 1.17. The van der Waals surface area contributed by atoms with E-state index in [1.807, 2.05) is 19.2 Å². The highest BCUT2D eigenvalue weighted by Gasteiger charge is 2.21. The van der Waals surface area contributed by atoms with Crippen molar-refractivity contribution in [2.24, 2.45) is 12.0 Å². The van der Waals surface area contributed by atoms with Gasteiger partial charge in [0, 0.05) is 37.8 Å². The molecule has 10 heteroatoms. The fraction of sp³-hybridized carbons (Fsp3) is 0.333. The first kappa shape index (κ1) is 23.0. The van der Waals surface area contributed by atoms with E-state index < -0.39 is 15.9 Å². The third kappa shape index (κ3) is 4.36. The molecule has 8 nitrogen and oxygen atoms in total. The van der Waals surface area contributed by atoms with E-state index in [0.29, 0.717) is 35.0 Å². The number of rotatable bonds is 7. The Morgan fingerprint density at radius 3 is 2.19 bits per heavy atom. The lowest BCUT2D eigenvalue weighted by atomic mass is 10.2. The van der Waals surface area contributed by atoms with Crippen molar-refractivity contribution < 1.29 is 22.7 Å². The average molecular weight is 464 g/mol. The first-order chi connectivity index (χ1) is 14.8. The Balaban J connectivity index is 1.97. The molecule has 3 aromatic rings. The number of carbonyl (C=O) groups is 1. The van der Waals surface area contributed by atoms with Crippen molar-refractivity contribution in [1.82, 2.24) is 8.87 Å². The zero-order chi connectivity index (χ0) is 22.8. The van der Waals surface area contributed by atoms with Crippen molar-refractivity contribution in [2.75, 3.05) is 27.3 Å². The maximum atomic E-state index is 12.7. The molecule has 0 radical (unpaired) electrons. The Labute approximate surface area is 185 Å². The molecule has 2 aromatic carbocycles. The molecule has 0 atom stereocenters. The monoisotopic (exact) mass is 463 g/mol. The van der Waals surface area contributed by atoms with Gasteiger partial charge in [0.05, 0.1) is 29.3 Å². The molecule has 0 fully saturated rings. The van der Waals surface area contributed by atoms with Crippen LogP contribution in [-0.4, -0.2) is 50.5 Å². The molecule has 1 heterocycles. The van der Waals surface area contributed by atoms with E-state index in [0.717, 1.165) is 10.2 Å². The van der Waals surface area contributed by atoms with E-state index in [4.69, 9.17) is 9.47 Å². The van der Waals surface area contributed by atoms with Crippen molar-refractivity contribution in [3.8, 4) is 11.5 Å². The van der Waals surface area contributed by atoms with Gasteiger partial charge in [-0.15, -0.1) is 0 Å². The second-order valence-electron chi connectivity index (χ2n) is 6.65. The quantitative estimate of drug-likeness (QED) is 0.537. The van der Waals surface area contributed by atoms with Gasteiger partial charge in [0.1, 0.15) is 0 Å². The summed E-state index contributed by atoms with van der Waals surface area (Å²) in [5, 5.41) is 0. The molecule has 1 amide bonds. The van der Waals surface area contributed by atoms with Gasteiger partial charge >= 0.3 is 0 Å². The lowest BCUT2D eigenvalue weighted by Crippen LogP contribution is -2.30. The molecule has 0 spiro atoms. The van der Waals surface area contributed by atoms with Crippen molar-refractivity contribution in [3.63, 3.8) is 0 Å². The standard InChI is InChI=1S/C21H25N3O5S2/c1-6-24(7-2)31(26,27)15-10-8-14(9-11-15)20(25)22-21-23(3)16-12-17(28-4)18(29-5)13-19(16)30-21/h8-13H,6-7H2,1-5H3. The van der Waals surface area contributed by atoms with Crippen LogP contribution in [-0.2, 0) is 17.1 Å². The summed E-state index contributed by atoms with van der Waals surface area (Å²) in [7, 11) is 1.37. The summed E-state index contributed by atoms with van der Waals surface area (Å²) >= 11 is 1.35. The number of aromatic nitrogens is 1. The summed E-state index contributed by atoms with van der Waals surface area (Å²) in [6.07, 6.45) is 0. The smallest absolute Gasteiger partial charge is 0.279 e. The molecule has 0 aliphatic heterocycles. The molecule has 166 valence electrons. The van der Waals surface area contributed by atoms with Gasteiger partial charge in [-0.2, -0.15) is 9.30 Å². The number of ether oxygens (including phenoxy) is 2. The minimum absolute atomic E-state index is 0.152. The second kappa shape index (κ2) is 9.21. The van der Waals surface area contributed by atoms with Crippen LogP contribution in [0.5, 0.6) is 11.5 Å². The lowest BCUT2D eigenvalue weighted by Gasteiger charge is -2.18. The summed E-state index contributed by atoms with van der Waals surface area (Å²) < 4.78 is 40.0. The van der Waals surface area contributed by atoms with Gasteiger partial charge in [0.2, 0.25) is 10.0 Å². The number of nitrogens with zero attached hydrogens (tertiary/aromatic N) is 3. The van der Waals surface area contributed by atoms with Crippen LogP contribution < -0.4 is 14.3 Å². The molecule has 0 bridgehead atoms. The number of amides is 1. The van der Waals surface area contributed by atoms with Crippen LogP contribution in [0.1, 0.15) is 24.2 Å². The van der Waals surface area contributed by atoms with Crippen molar-refractivity contribution >= 4 is 37.5 Å². The topological polar surface area (TPSA) is 90.2 Å². The molecule has 0 unspecified atom stereocenters. The number of fused-ring (bicyclic) bond motifs is 1. The first-order valence-electron chi connectivity index (χ1n) is 9.67. The minimum Gasteiger partial charge on any atom is -0.493 e. The van der Waals surface area contributed by atoms with E-state index in [9.17, 15) is 13.2 Å².